The van der Waals surface area contributed by atoms with Gasteiger partial charge in [-0.25, -0.2) is 9.59 Å². The lowest BCUT2D eigenvalue weighted by atomic mass is 9.82. The molecule has 140 valence electrons. The van der Waals surface area contributed by atoms with E-state index in [2.05, 4.69) is 0 Å². The van der Waals surface area contributed by atoms with E-state index in [9.17, 15) is 9.59 Å². The van der Waals surface area contributed by atoms with Crippen molar-refractivity contribution in [2.45, 2.75) is 12.1 Å². The summed E-state index contributed by atoms with van der Waals surface area (Å²) in [6.45, 7) is 0.117. The van der Waals surface area contributed by atoms with E-state index in [0.717, 1.165) is 5.56 Å². The summed E-state index contributed by atoms with van der Waals surface area (Å²) in [7, 11) is 1.56. The maximum Gasteiger partial charge on any atom is 0.411 e. The summed E-state index contributed by atoms with van der Waals surface area (Å²) in [6, 6.07) is 25.7. The molecule has 0 saturated carbocycles. The number of esters is 1. The Morgan fingerprint density at radius 3 is 2.25 bits per heavy atom. The normalized spacial score (nSPS) is 17.5. The van der Waals surface area contributed by atoms with Crippen LogP contribution in [0.5, 0.6) is 5.75 Å². The molecule has 0 fully saturated rings. The largest absolute Gasteiger partial charge is 0.445 e. The molecule has 4 rings (SSSR count). The first-order valence-electron chi connectivity index (χ1n) is 8.96. The summed E-state index contributed by atoms with van der Waals surface area (Å²) in [6.07, 6.45) is -0.610. The maximum atomic E-state index is 13.1. The van der Waals surface area contributed by atoms with Crippen molar-refractivity contribution in [2.24, 2.45) is 0 Å². The quantitative estimate of drug-likeness (QED) is 0.510. The molecule has 5 heteroatoms. The summed E-state index contributed by atoms with van der Waals surface area (Å²) < 4.78 is 11.0. The Hall–Kier alpha value is -3.60. The highest BCUT2D eigenvalue weighted by Crippen LogP contribution is 2.46. The zero-order chi connectivity index (χ0) is 19.6. The van der Waals surface area contributed by atoms with E-state index < -0.39 is 17.6 Å². The van der Waals surface area contributed by atoms with Crippen LogP contribution in [0.2, 0.25) is 0 Å². The Bertz CT molecular complexity index is 1000. The highest BCUT2D eigenvalue weighted by Gasteiger charge is 2.55. The van der Waals surface area contributed by atoms with Crippen molar-refractivity contribution < 1.29 is 19.1 Å². The first-order valence-corrected chi connectivity index (χ1v) is 8.96. The molecule has 3 aromatic carbocycles. The van der Waals surface area contributed by atoms with Gasteiger partial charge in [-0.2, -0.15) is 0 Å². The highest BCUT2D eigenvalue weighted by molar-refractivity contribution is 5.96. The number of benzene rings is 3. The smallest absolute Gasteiger partial charge is 0.411 e. The van der Waals surface area contributed by atoms with E-state index >= 15 is 0 Å². The molecule has 28 heavy (non-hydrogen) atoms. The van der Waals surface area contributed by atoms with E-state index in [1.807, 2.05) is 66.7 Å². The summed E-state index contributed by atoms with van der Waals surface area (Å²) in [4.78, 5) is 27.4. The fourth-order valence-corrected chi connectivity index (χ4v) is 3.56. The van der Waals surface area contributed by atoms with E-state index in [0.29, 0.717) is 16.9 Å². The van der Waals surface area contributed by atoms with Crippen LogP contribution in [0.15, 0.2) is 84.9 Å². The minimum atomic E-state index is -1.40. The van der Waals surface area contributed by atoms with Gasteiger partial charge in [0.1, 0.15) is 12.4 Å². The number of hydrogen-bond acceptors (Lipinski definition) is 4. The lowest BCUT2D eigenvalue weighted by Crippen LogP contribution is -2.52. The monoisotopic (exact) mass is 373 g/mol. The molecule has 5 nitrogen and oxygen atoms in total. The predicted molar refractivity (Wildman–Crippen MR) is 104 cm³/mol. The summed E-state index contributed by atoms with van der Waals surface area (Å²) in [5.74, 6) is -0.0851. The molecule has 1 atom stereocenters. The van der Waals surface area contributed by atoms with Gasteiger partial charge < -0.3 is 9.47 Å². The molecule has 3 aromatic rings. The Kier molecular flexibility index (Phi) is 4.57. The van der Waals surface area contributed by atoms with Gasteiger partial charge in [-0.3, -0.25) is 4.90 Å². The minimum Gasteiger partial charge on any atom is -0.445 e. The molecule has 1 heterocycles. The van der Waals surface area contributed by atoms with Crippen molar-refractivity contribution in [1.82, 2.24) is 4.90 Å². The van der Waals surface area contributed by atoms with Crippen LogP contribution in [0.3, 0.4) is 0 Å². The Morgan fingerprint density at radius 2 is 1.54 bits per heavy atom. The van der Waals surface area contributed by atoms with Gasteiger partial charge in [0.15, 0.2) is 5.54 Å². The number of carbonyl (C=O) groups excluding carboxylic acids is 2. The summed E-state index contributed by atoms with van der Waals surface area (Å²) >= 11 is 0. The summed E-state index contributed by atoms with van der Waals surface area (Å²) in [5.41, 5.74) is 0.730. The Morgan fingerprint density at radius 1 is 0.929 bits per heavy atom. The van der Waals surface area contributed by atoms with Crippen molar-refractivity contribution >= 4 is 12.1 Å². The molecule has 1 aliphatic rings. The van der Waals surface area contributed by atoms with Crippen molar-refractivity contribution in [1.29, 1.82) is 0 Å². The summed E-state index contributed by atoms with van der Waals surface area (Å²) in [5, 5.41) is 0. The molecule has 1 aliphatic heterocycles. The van der Waals surface area contributed by atoms with Crippen LogP contribution in [0, 0.1) is 0 Å². The van der Waals surface area contributed by atoms with Crippen LogP contribution in [0.1, 0.15) is 16.7 Å². The molecule has 0 spiro atoms. The van der Waals surface area contributed by atoms with Gasteiger partial charge in [0, 0.05) is 12.6 Å². The van der Waals surface area contributed by atoms with Gasteiger partial charge in [-0.05, 0) is 17.2 Å². The van der Waals surface area contributed by atoms with E-state index in [1.165, 1.54) is 4.90 Å². The molecule has 0 aromatic heterocycles. The van der Waals surface area contributed by atoms with E-state index in [-0.39, 0.29) is 6.61 Å². The second-order valence-corrected chi connectivity index (χ2v) is 6.56. The van der Waals surface area contributed by atoms with Crippen molar-refractivity contribution in [2.75, 3.05) is 7.05 Å². The van der Waals surface area contributed by atoms with Gasteiger partial charge in [0.25, 0.3) is 0 Å². The van der Waals surface area contributed by atoms with Gasteiger partial charge >= 0.3 is 12.1 Å². The molecule has 0 aliphatic carbocycles. The third-order valence-corrected chi connectivity index (χ3v) is 4.95. The van der Waals surface area contributed by atoms with Crippen LogP contribution in [-0.4, -0.2) is 24.0 Å². The average molecular weight is 373 g/mol. The van der Waals surface area contributed by atoms with Crippen molar-refractivity contribution in [3.63, 3.8) is 0 Å². The van der Waals surface area contributed by atoms with E-state index in [1.54, 1.807) is 25.2 Å². The minimum absolute atomic E-state index is 0.117. The number of hydrogen-bond donors (Lipinski definition) is 0. The van der Waals surface area contributed by atoms with Crippen LogP contribution in [0.25, 0.3) is 0 Å². The number of amides is 1. The molecule has 0 N–H and O–H groups in total. The first kappa shape index (κ1) is 17.8. The molecular weight excluding hydrogens is 354 g/mol. The fourth-order valence-electron chi connectivity index (χ4n) is 3.56. The van der Waals surface area contributed by atoms with Gasteiger partial charge in [0.05, 0.1) is 0 Å². The topological polar surface area (TPSA) is 55.8 Å². The molecule has 0 radical (unpaired) electrons. The first-order chi connectivity index (χ1) is 13.6. The predicted octanol–water partition coefficient (Wildman–Crippen LogP) is 4.12. The number of fused-ring (bicyclic) bond motifs is 1. The SMILES string of the molecule is CN(C(=O)OCc1ccccc1)[C@@]1(c2ccccc2)C(=O)Oc2ccccc21. The third kappa shape index (κ3) is 2.81. The number of carbonyl (C=O) groups is 2. The van der Waals surface area contributed by atoms with E-state index in [4.69, 9.17) is 9.47 Å². The van der Waals surface area contributed by atoms with Crippen molar-refractivity contribution in [3.8, 4) is 5.75 Å². The Labute approximate surface area is 163 Å². The fraction of sp³-hybridized carbons (Fsp3) is 0.130. The van der Waals surface area contributed by atoms with Gasteiger partial charge in [-0.1, -0.05) is 78.9 Å². The molecular formula is C23H19NO4. The Balaban J connectivity index is 1.73. The standard InChI is InChI=1S/C23H19NO4/c1-24(22(26)27-16-17-10-4-2-5-11-17)23(18-12-6-3-7-13-18)19-14-8-9-15-20(19)28-21(23)25/h2-15H,16H2,1H3/t23-/m1/s1. The lowest BCUT2D eigenvalue weighted by molar-refractivity contribution is -0.141. The number of ether oxygens (including phenoxy) is 2. The lowest BCUT2D eigenvalue weighted by Gasteiger charge is -2.35. The average Bonchev–Trinajstić information content (AvgIpc) is 3.05. The van der Waals surface area contributed by atoms with Crippen LogP contribution in [-0.2, 0) is 21.7 Å². The molecule has 0 saturated heterocycles. The third-order valence-electron chi connectivity index (χ3n) is 4.95. The molecule has 0 unspecified atom stereocenters. The zero-order valence-corrected chi connectivity index (χ0v) is 15.4. The van der Waals surface area contributed by atoms with Gasteiger partial charge in [-0.15, -0.1) is 0 Å². The second kappa shape index (κ2) is 7.19. The molecule has 1 amide bonds. The molecule has 0 bridgehead atoms. The number of rotatable bonds is 4. The van der Waals surface area contributed by atoms with Crippen LogP contribution < -0.4 is 4.74 Å². The number of nitrogens with zero attached hydrogens (tertiary/aromatic N) is 1. The number of para-hydroxylation sites is 1. The van der Waals surface area contributed by atoms with Crippen LogP contribution in [0.4, 0.5) is 4.79 Å². The van der Waals surface area contributed by atoms with Crippen molar-refractivity contribution in [3.05, 3.63) is 102 Å². The number of likely N-dealkylation sites (N-methyl/N-ethyl adjacent to an activating group) is 1. The van der Waals surface area contributed by atoms with Crippen LogP contribution >= 0.6 is 0 Å². The maximum absolute atomic E-state index is 13.1. The second-order valence-electron chi connectivity index (χ2n) is 6.56. The zero-order valence-electron chi connectivity index (χ0n) is 15.4. The van der Waals surface area contributed by atoms with Gasteiger partial charge in [0.2, 0.25) is 0 Å². The highest BCUT2D eigenvalue weighted by atomic mass is 16.6.